The van der Waals surface area contributed by atoms with Crippen LogP contribution in [-0.4, -0.2) is 0 Å². The van der Waals surface area contributed by atoms with Crippen molar-refractivity contribution >= 4 is 81.3 Å². The van der Waals surface area contributed by atoms with Gasteiger partial charge in [0.15, 0.2) is 0 Å². The summed E-state index contributed by atoms with van der Waals surface area (Å²) in [6.07, 6.45) is 0. The Kier molecular flexibility index (Phi) is 6.21. The lowest BCUT2D eigenvalue weighted by atomic mass is 9.81. The number of hydrogen-bond donors (Lipinski definition) is 0. The van der Waals surface area contributed by atoms with Crippen LogP contribution in [0.2, 0.25) is 0 Å². The van der Waals surface area contributed by atoms with E-state index in [1.54, 1.807) is 0 Å². The maximum atomic E-state index is 6.61. The lowest BCUT2D eigenvalue weighted by Gasteiger charge is -2.32. The second-order valence-electron chi connectivity index (χ2n) is 14.5. The van der Waals surface area contributed by atoms with Gasteiger partial charge in [0.25, 0.3) is 0 Å². The summed E-state index contributed by atoms with van der Waals surface area (Å²) in [4.78, 5) is 2.49. The van der Waals surface area contributed by atoms with Crippen molar-refractivity contribution in [2.75, 3.05) is 4.90 Å². The van der Waals surface area contributed by atoms with E-state index in [2.05, 4.69) is 183 Å². The smallest absolute Gasteiger partial charge is 0.143 e. The third-order valence-corrected chi connectivity index (χ3v) is 12.4. The van der Waals surface area contributed by atoms with Crippen LogP contribution in [0.4, 0.5) is 17.1 Å². The Bertz CT molecular complexity index is 3070. The van der Waals surface area contributed by atoms with E-state index in [0.717, 1.165) is 44.3 Å². The van der Waals surface area contributed by atoms with Gasteiger partial charge >= 0.3 is 0 Å². The lowest BCUT2D eigenvalue weighted by molar-refractivity contribution is 0.661. The van der Waals surface area contributed by atoms with Crippen molar-refractivity contribution in [1.82, 2.24) is 0 Å². The quantitative estimate of drug-likeness (QED) is 0.184. The fourth-order valence-electron chi connectivity index (χ4n) is 8.89. The monoisotopic (exact) mass is 683 g/mol. The van der Waals surface area contributed by atoms with Crippen molar-refractivity contribution in [3.63, 3.8) is 0 Å². The summed E-state index contributed by atoms with van der Waals surface area (Å²) in [6, 6.07) is 59.9. The Morgan fingerprint density at radius 2 is 1.25 bits per heavy atom. The first-order chi connectivity index (χ1) is 25.5. The second-order valence-corrected chi connectivity index (χ2v) is 15.6. The fourth-order valence-corrected chi connectivity index (χ4v) is 9.98. The summed E-state index contributed by atoms with van der Waals surface area (Å²) in [5.74, 6) is 0. The number of anilines is 3. The normalized spacial score (nSPS) is 13.3. The van der Waals surface area contributed by atoms with Crippen molar-refractivity contribution in [2.24, 2.45) is 0 Å². The van der Waals surface area contributed by atoms with Gasteiger partial charge in [-0.1, -0.05) is 123 Å². The van der Waals surface area contributed by atoms with Crippen LogP contribution in [0.3, 0.4) is 0 Å². The van der Waals surface area contributed by atoms with E-state index in [4.69, 9.17) is 4.42 Å². The van der Waals surface area contributed by atoms with E-state index in [1.807, 2.05) is 11.3 Å². The first-order valence-corrected chi connectivity index (χ1v) is 18.7. The van der Waals surface area contributed by atoms with Gasteiger partial charge in [-0.05, 0) is 93.4 Å². The molecule has 0 amide bonds. The molecule has 0 N–H and O–H groups in total. The minimum absolute atomic E-state index is 0.179. The van der Waals surface area contributed by atoms with Crippen LogP contribution in [-0.2, 0) is 5.41 Å². The molecule has 0 atom stereocenters. The Balaban J connectivity index is 1.16. The lowest BCUT2D eigenvalue weighted by Crippen LogP contribution is -2.20. The molecule has 2 aromatic heterocycles. The number of nitrogens with zero attached hydrogens (tertiary/aromatic N) is 1. The summed E-state index contributed by atoms with van der Waals surface area (Å²) in [7, 11) is 0. The van der Waals surface area contributed by atoms with Crippen LogP contribution >= 0.6 is 11.3 Å². The van der Waals surface area contributed by atoms with E-state index in [9.17, 15) is 0 Å². The van der Waals surface area contributed by atoms with Gasteiger partial charge in [0.1, 0.15) is 11.2 Å². The third-order valence-electron chi connectivity index (χ3n) is 11.2. The first kappa shape index (κ1) is 29.6. The van der Waals surface area contributed by atoms with Crippen LogP contribution in [0.5, 0.6) is 0 Å². The van der Waals surface area contributed by atoms with Gasteiger partial charge in [-0.2, -0.15) is 0 Å². The Morgan fingerprint density at radius 1 is 0.519 bits per heavy atom. The van der Waals surface area contributed by atoms with E-state index in [0.29, 0.717) is 0 Å². The van der Waals surface area contributed by atoms with E-state index < -0.39 is 0 Å². The van der Waals surface area contributed by atoms with Gasteiger partial charge in [0.05, 0.1) is 5.69 Å². The molecule has 2 heterocycles. The predicted octanol–water partition coefficient (Wildman–Crippen LogP) is 14.6. The molecule has 52 heavy (non-hydrogen) atoms. The highest BCUT2D eigenvalue weighted by Gasteiger charge is 2.38. The first-order valence-electron chi connectivity index (χ1n) is 17.9. The molecule has 11 rings (SSSR count). The maximum absolute atomic E-state index is 6.61. The largest absolute Gasteiger partial charge is 0.455 e. The van der Waals surface area contributed by atoms with Crippen molar-refractivity contribution in [1.29, 1.82) is 0 Å². The zero-order valence-corrected chi connectivity index (χ0v) is 29.7. The van der Waals surface area contributed by atoms with Crippen molar-refractivity contribution < 1.29 is 4.42 Å². The Labute approximate surface area is 305 Å². The number of hydrogen-bond acceptors (Lipinski definition) is 3. The predicted molar refractivity (Wildman–Crippen MR) is 222 cm³/mol. The molecule has 0 aliphatic heterocycles. The van der Waals surface area contributed by atoms with Gasteiger partial charge in [0, 0.05) is 53.1 Å². The molecule has 8 aromatic carbocycles. The molecule has 10 aromatic rings. The molecular weight excluding hydrogens is 651 g/mol. The molecule has 0 bridgehead atoms. The van der Waals surface area contributed by atoms with Gasteiger partial charge < -0.3 is 9.32 Å². The van der Waals surface area contributed by atoms with Crippen molar-refractivity contribution in [3.8, 4) is 22.3 Å². The zero-order valence-electron chi connectivity index (χ0n) is 28.9. The average Bonchev–Trinajstić information content (AvgIpc) is 3.83. The minimum Gasteiger partial charge on any atom is -0.455 e. The number of furan rings is 1. The Hall–Kier alpha value is -6.16. The SMILES string of the molecule is CC1(C)c2ccccc2-c2cccc(N(c3cccc(-c4cccc5oc6c7ccccc7ccc6c45)c3)c3ccc4sc5ccccc5c4c3)c21. The molecule has 1 aliphatic carbocycles. The average molecular weight is 684 g/mol. The molecule has 0 radical (unpaired) electrons. The molecule has 0 fully saturated rings. The highest BCUT2D eigenvalue weighted by Crippen LogP contribution is 2.54. The summed E-state index contributed by atoms with van der Waals surface area (Å²) in [5.41, 5.74) is 12.8. The van der Waals surface area contributed by atoms with Gasteiger partial charge in [-0.15, -0.1) is 11.3 Å². The second kappa shape index (κ2) is 10.9. The number of rotatable bonds is 4. The summed E-state index contributed by atoms with van der Waals surface area (Å²) in [6.45, 7) is 4.75. The molecule has 2 nitrogen and oxygen atoms in total. The molecule has 3 heteroatoms. The molecule has 0 saturated heterocycles. The molecule has 1 aliphatic rings. The number of thiophene rings is 1. The van der Waals surface area contributed by atoms with Crippen LogP contribution in [0.25, 0.3) is 75.1 Å². The standard InChI is InChI=1S/C49H33NOS/c1-49(2)41-20-7-5-16-36(41)38-19-10-21-42(47(38)49)50(33-25-27-45-40(29-33)37-17-6-8-23-44(37)52-45)32-14-9-13-31(28-32)34-18-11-22-43-46(34)39-26-24-30-12-3-4-15-35(30)48(39)51-43/h3-29H,1-2H3. The van der Waals surface area contributed by atoms with Crippen LogP contribution in [0.1, 0.15) is 25.0 Å². The summed E-state index contributed by atoms with van der Waals surface area (Å²) in [5, 5.41) is 7.20. The maximum Gasteiger partial charge on any atom is 0.143 e. The Morgan fingerprint density at radius 3 is 2.19 bits per heavy atom. The van der Waals surface area contributed by atoms with Crippen LogP contribution in [0, 0.1) is 0 Å². The van der Waals surface area contributed by atoms with Gasteiger partial charge in [0.2, 0.25) is 0 Å². The molecule has 0 unspecified atom stereocenters. The van der Waals surface area contributed by atoms with E-state index in [1.165, 1.54) is 59.1 Å². The van der Waals surface area contributed by atoms with Crippen molar-refractivity contribution in [2.45, 2.75) is 19.3 Å². The third kappa shape index (κ3) is 4.17. The zero-order chi connectivity index (χ0) is 34.6. The fraction of sp³-hybridized carbons (Fsp3) is 0.0612. The van der Waals surface area contributed by atoms with Gasteiger partial charge in [-0.3, -0.25) is 0 Å². The molecule has 246 valence electrons. The molecular formula is C49H33NOS. The van der Waals surface area contributed by atoms with Gasteiger partial charge in [-0.25, -0.2) is 0 Å². The highest BCUT2D eigenvalue weighted by molar-refractivity contribution is 7.25. The number of fused-ring (bicyclic) bond motifs is 11. The van der Waals surface area contributed by atoms with E-state index >= 15 is 0 Å². The highest BCUT2D eigenvalue weighted by atomic mass is 32.1. The number of benzene rings is 8. The van der Waals surface area contributed by atoms with Crippen LogP contribution < -0.4 is 4.90 Å². The molecule has 0 saturated carbocycles. The van der Waals surface area contributed by atoms with Crippen molar-refractivity contribution in [3.05, 3.63) is 175 Å². The van der Waals surface area contributed by atoms with Crippen LogP contribution in [0.15, 0.2) is 168 Å². The summed E-state index contributed by atoms with van der Waals surface area (Å²) >= 11 is 1.86. The molecule has 0 spiro atoms. The van der Waals surface area contributed by atoms with E-state index in [-0.39, 0.29) is 5.41 Å². The minimum atomic E-state index is -0.179. The topological polar surface area (TPSA) is 16.4 Å². The summed E-state index contributed by atoms with van der Waals surface area (Å²) < 4.78 is 9.22.